The van der Waals surface area contributed by atoms with Crippen molar-refractivity contribution < 1.29 is 0 Å². The molecule has 11 aromatic rings. The van der Waals surface area contributed by atoms with Gasteiger partial charge in [0.2, 0.25) is 0 Å². The molecule has 0 radical (unpaired) electrons. The molecule has 3 heterocycles. The summed E-state index contributed by atoms with van der Waals surface area (Å²) in [5, 5.41) is 16.2. The van der Waals surface area contributed by atoms with Crippen LogP contribution in [0.3, 0.4) is 0 Å². The van der Waals surface area contributed by atoms with E-state index in [0.717, 1.165) is 50.6 Å². The summed E-state index contributed by atoms with van der Waals surface area (Å²) >= 11 is 0. The van der Waals surface area contributed by atoms with Gasteiger partial charge in [-0.2, -0.15) is 5.26 Å². The normalized spacial score (nSPS) is 11.8. The number of fused-ring (bicyclic) bond motifs is 6. The van der Waals surface area contributed by atoms with E-state index >= 15 is 0 Å². The lowest BCUT2D eigenvalue weighted by Gasteiger charge is -2.23. The zero-order valence-electron chi connectivity index (χ0n) is 46.1. The zero-order valence-corrected chi connectivity index (χ0v) is 46.1. The van der Waals surface area contributed by atoms with E-state index in [-0.39, 0.29) is 0 Å². The Morgan fingerprint density at radius 2 is 0.649 bits per heavy atom. The predicted octanol–water partition coefficient (Wildman–Crippen LogP) is 18.1. The molecule has 0 bridgehead atoms. The van der Waals surface area contributed by atoms with E-state index in [2.05, 4.69) is 211 Å². The van der Waals surface area contributed by atoms with Crippen molar-refractivity contribution in [3.63, 3.8) is 0 Å². The molecule has 5 nitrogen and oxygen atoms in total. The molecule has 0 saturated heterocycles. The lowest BCUT2D eigenvalue weighted by molar-refractivity contribution is 1.11. The third-order valence-electron chi connectivity index (χ3n) is 18.0. The number of rotatable bonds is 6. The van der Waals surface area contributed by atoms with Gasteiger partial charge in [0.25, 0.3) is 0 Å². The topological polar surface area (TPSA) is 59.4 Å². The third kappa shape index (κ3) is 6.87. The predicted molar refractivity (Wildman–Crippen MR) is 313 cm³/mol. The number of aryl methyl sites for hydroxylation is 8. The Morgan fingerprint density at radius 1 is 0.324 bits per heavy atom. The zero-order chi connectivity index (χ0) is 52.5. The van der Waals surface area contributed by atoms with Gasteiger partial charge in [0.15, 0.2) is 5.82 Å². The molecule has 0 N–H and O–H groups in total. The van der Waals surface area contributed by atoms with Crippen molar-refractivity contribution in [1.82, 2.24) is 19.1 Å². The number of nitriles is 1. The summed E-state index contributed by atoms with van der Waals surface area (Å²) in [6.45, 7) is 36.6. The summed E-state index contributed by atoms with van der Waals surface area (Å²) < 4.78 is 5.13. The molecule has 0 amide bonds. The second-order valence-electron chi connectivity index (χ2n) is 21.3. The summed E-state index contributed by atoms with van der Waals surface area (Å²) in [5.41, 5.74) is 34.8. The van der Waals surface area contributed by atoms with Crippen LogP contribution < -0.4 is 0 Å². The summed E-state index contributed by atoms with van der Waals surface area (Å²) in [5.74, 6) is 0.627. The van der Waals surface area contributed by atoms with Gasteiger partial charge in [0.1, 0.15) is 0 Å². The van der Waals surface area contributed by atoms with Gasteiger partial charge in [0.05, 0.1) is 56.5 Å². The standard InChI is InChI=1S/C69H65N5/c1-35-39(5)47(13)65-61(43(35)9)62-44(10)36(2)40(6)48(14)66(62)73(65)59-29-27-51(34-70)31-55(59)56-32-54(69-71-57(52-23-19-17-20-24-52)33-58(72-69)53-25-21-18-22-26-53)28-30-60(56)74-67-49(15)41(7)37(3)45(11)63(67)64-46(12)38(4)42(8)50(16)68(64)74/h17-33H,1-16H3. The lowest BCUT2D eigenvalue weighted by atomic mass is 9.90. The van der Waals surface area contributed by atoms with Gasteiger partial charge in [0, 0.05) is 49.4 Å². The Morgan fingerprint density at radius 3 is 1.00 bits per heavy atom. The Labute approximate surface area is 436 Å². The van der Waals surface area contributed by atoms with Crippen LogP contribution in [0.1, 0.15) is 94.6 Å². The maximum atomic E-state index is 11.0. The molecular formula is C69H65N5. The van der Waals surface area contributed by atoms with E-state index in [4.69, 9.17) is 9.97 Å². The largest absolute Gasteiger partial charge is 0.308 e. The van der Waals surface area contributed by atoms with Gasteiger partial charge in [-0.25, -0.2) is 9.97 Å². The fourth-order valence-corrected chi connectivity index (χ4v) is 12.4. The Bertz CT molecular complexity index is 4070. The molecule has 0 aliphatic heterocycles. The van der Waals surface area contributed by atoms with E-state index in [1.807, 2.05) is 18.2 Å². The molecule has 5 heteroatoms. The van der Waals surface area contributed by atoms with Gasteiger partial charge in [-0.3, -0.25) is 0 Å². The maximum Gasteiger partial charge on any atom is 0.160 e. The molecule has 0 unspecified atom stereocenters. The summed E-state index contributed by atoms with van der Waals surface area (Å²) in [6.07, 6.45) is 0. The fraction of sp³-hybridized carbons (Fsp3) is 0.232. The minimum atomic E-state index is 0.591. The number of aromatic nitrogens is 4. The number of nitrogens with zero attached hydrogens (tertiary/aromatic N) is 5. The van der Waals surface area contributed by atoms with Gasteiger partial charge < -0.3 is 9.13 Å². The van der Waals surface area contributed by atoms with E-state index in [1.54, 1.807) is 0 Å². The maximum absolute atomic E-state index is 11.0. The molecule has 0 spiro atoms. The molecule has 74 heavy (non-hydrogen) atoms. The number of benzene rings is 8. The molecule has 0 fully saturated rings. The van der Waals surface area contributed by atoms with Gasteiger partial charge >= 0.3 is 0 Å². The molecular weight excluding hydrogens is 899 g/mol. The second-order valence-corrected chi connectivity index (χ2v) is 21.3. The average molecular weight is 964 g/mol. The smallest absolute Gasteiger partial charge is 0.160 e. The molecule has 8 aromatic carbocycles. The highest BCUT2D eigenvalue weighted by molar-refractivity contribution is 6.18. The second kappa shape index (κ2) is 17.6. The van der Waals surface area contributed by atoms with Crippen molar-refractivity contribution in [2.24, 2.45) is 0 Å². The molecule has 0 aliphatic rings. The van der Waals surface area contributed by atoms with Gasteiger partial charge in [-0.1, -0.05) is 60.7 Å². The number of hydrogen-bond donors (Lipinski definition) is 0. The quantitative estimate of drug-likeness (QED) is 0.167. The first-order valence-electron chi connectivity index (χ1n) is 26.1. The molecule has 11 rings (SSSR count). The van der Waals surface area contributed by atoms with Crippen LogP contribution in [-0.2, 0) is 0 Å². The summed E-state index contributed by atoms with van der Waals surface area (Å²) in [7, 11) is 0. The van der Waals surface area contributed by atoms with Gasteiger partial charge in [-0.15, -0.1) is 0 Å². The first-order valence-corrected chi connectivity index (χ1v) is 26.1. The van der Waals surface area contributed by atoms with E-state index in [0.29, 0.717) is 11.4 Å². The first-order chi connectivity index (χ1) is 35.4. The van der Waals surface area contributed by atoms with Crippen molar-refractivity contribution in [3.8, 4) is 62.5 Å². The first kappa shape index (κ1) is 48.2. The van der Waals surface area contributed by atoms with E-state index < -0.39 is 0 Å². The fourth-order valence-electron chi connectivity index (χ4n) is 12.4. The SMILES string of the molecule is Cc1c(C)c(C)c2c(c1C)c1c(C)c(C)c(C)c(C)c1n2-c1ccc(C#N)cc1-c1cc(-c2nc(-c3ccccc3)cc(-c3ccccc3)n2)ccc1-n1c2c(C)c(C)c(C)c(C)c2c2c(C)c(C)c(C)c(C)c21. The van der Waals surface area contributed by atoms with Crippen LogP contribution in [0.4, 0.5) is 0 Å². The molecule has 0 saturated carbocycles. The molecule has 0 aliphatic carbocycles. The van der Waals surface area contributed by atoms with E-state index in [1.165, 1.54) is 133 Å². The van der Waals surface area contributed by atoms with Crippen LogP contribution >= 0.6 is 0 Å². The van der Waals surface area contributed by atoms with Crippen molar-refractivity contribution in [2.45, 2.75) is 111 Å². The van der Waals surface area contributed by atoms with Crippen LogP contribution in [0.5, 0.6) is 0 Å². The van der Waals surface area contributed by atoms with Crippen LogP contribution in [0.15, 0.2) is 103 Å². The average Bonchev–Trinajstić information content (AvgIpc) is 4.01. The highest BCUT2D eigenvalue weighted by Gasteiger charge is 2.29. The molecule has 3 aromatic heterocycles. The van der Waals surface area contributed by atoms with Crippen molar-refractivity contribution in [3.05, 3.63) is 198 Å². The van der Waals surface area contributed by atoms with Crippen LogP contribution in [-0.4, -0.2) is 19.1 Å². The molecule has 0 atom stereocenters. The van der Waals surface area contributed by atoms with Crippen LogP contribution in [0, 0.1) is 122 Å². The lowest BCUT2D eigenvalue weighted by Crippen LogP contribution is -2.06. The summed E-state index contributed by atoms with van der Waals surface area (Å²) in [4.78, 5) is 10.8. The van der Waals surface area contributed by atoms with Crippen LogP contribution in [0.25, 0.3) is 100 Å². The highest BCUT2D eigenvalue weighted by atomic mass is 15.0. The van der Waals surface area contributed by atoms with E-state index in [9.17, 15) is 5.26 Å². The van der Waals surface area contributed by atoms with Crippen LogP contribution in [0.2, 0.25) is 0 Å². The highest BCUT2D eigenvalue weighted by Crippen LogP contribution is 2.49. The summed E-state index contributed by atoms with van der Waals surface area (Å²) in [6, 6.07) is 38.7. The monoisotopic (exact) mass is 964 g/mol. The minimum Gasteiger partial charge on any atom is -0.308 e. The van der Waals surface area contributed by atoms with Crippen molar-refractivity contribution in [1.29, 1.82) is 5.26 Å². The Hall–Kier alpha value is -8.07. The third-order valence-corrected chi connectivity index (χ3v) is 18.0. The minimum absolute atomic E-state index is 0.591. The van der Waals surface area contributed by atoms with Crippen molar-refractivity contribution in [2.75, 3.05) is 0 Å². The number of hydrogen-bond acceptors (Lipinski definition) is 3. The molecule has 366 valence electrons. The Kier molecular flexibility index (Phi) is 11.4. The van der Waals surface area contributed by atoms with Crippen molar-refractivity contribution >= 4 is 43.6 Å². The van der Waals surface area contributed by atoms with Gasteiger partial charge in [-0.05, 0) is 242 Å². The Balaban J connectivity index is 1.36.